The van der Waals surface area contributed by atoms with Crippen molar-refractivity contribution in [1.29, 1.82) is 0 Å². The summed E-state index contributed by atoms with van der Waals surface area (Å²) in [5.74, 6) is -0.767. The summed E-state index contributed by atoms with van der Waals surface area (Å²) in [6.45, 7) is 5.90. The first kappa shape index (κ1) is 19.5. The van der Waals surface area contributed by atoms with Gasteiger partial charge >= 0.3 is 0 Å². The fourth-order valence-corrected chi connectivity index (χ4v) is 3.57. The largest absolute Gasteiger partial charge is 0.504 e. The molecule has 0 unspecified atom stereocenters. The molecule has 30 heavy (non-hydrogen) atoms. The van der Waals surface area contributed by atoms with E-state index in [0.29, 0.717) is 11.1 Å². The van der Waals surface area contributed by atoms with Crippen molar-refractivity contribution < 1.29 is 15.0 Å². The van der Waals surface area contributed by atoms with Crippen LogP contribution in [0.2, 0.25) is 0 Å². The lowest BCUT2D eigenvalue weighted by Gasteiger charge is -2.18. The summed E-state index contributed by atoms with van der Waals surface area (Å²) in [7, 11) is 0. The van der Waals surface area contributed by atoms with Crippen LogP contribution in [0, 0.1) is 13.8 Å². The van der Waals surface area contributed by atoms with E-state index < -0.39 is 0 Å². The third-order valence-corrected chi connectivity index (χ3v) is 5.39. The van der Waals surface area contributed by atoms with Crippen LogP contribution in [-0.4, -0.2) is 22.3 Å². The molecule has 152 valence electrons. The number of nitrogens with zero attached hydrogens (tertiary/aromatic N) is 2. The third-order valence-electron chi connectivity index (χ3n) is 5.39. The summed E-state index contributed by atoms with van der Waals surface area (Å²) >= 11 is 0. The lowest BCUT2D eigenvalue weighted by molar-refractivity contribution is 0.0955. The van der Waals surface area contributed by atoms with Gasteiger partial charge in [0.05, 0.1) is 6.21 Å². The van der Waals surface area contributed by atoms with Gasteiger partial charge in [-0.3, -0.25) is 4.79 Å². The Labute approximate surface area is 175 Å². The average Bonchev–Trinajstić information content (AvgIpc) is 3.13. The number of carbonyl (C=O) groups is 1. The molecule has 6 nitrogen and oxygen atoms in total. The Bertz CT molecular complexity index is 1120. The first-order valence-electron chi connectivity index (χ1n) is 9.70. The van der Waals surface area contributed by atoms with E-state index >= 15 is 0 Å². The van der Waals surface area contributed by atoms with Crippen LogP contribution in [0.4, 0.5) is 5.69 Å². The second kappa shape index (κ2) is 7.91. The number of hydrogen-bond donors (Lipinski definition) is 3. The smallest absolute Gasteiger partial charge is 0.271 e. The first-order chi connectivity index (χ1) is 14.4. The van der Waals surface area contributed by atoms with Gasteiger partial charge in [-0.1, -0.05) is 18.2 Å². The van der Waals surface area contributed by atoms with E-state index in [2.05, 4.69) is 41.4 Å². The van der Waals surface area contributed by atoms with Crippen LogP contribution >= 0.6 is 0 Å². The van der Waals surface area contributed by atoms with Crippen LogP contribution in [0.3, 0.4) is 0 Å². The number of hydrogen-bond acceptors (Lipinski definition) is 5. The van der Waals surface area contributed by atoms with Crippen LogP contribution in [0.25, 0.3) is 0 Å². The van der Waals surface area contributed by atoms with Crippen molar-refractivity contribution in [1.82, 2.24) is 5.43 Å². The second-order valence-electron chi connectivity index (χ2n) is 7.56. The zero-order chi connectivity index (χ0) is 21.3. The second-order valence-corrected chi connectivity index (χ2v) is 7.56. The third kappa shape index (κ3) is 3.98. The van der Waals surface area contributed by atoms with Crippen LogP contribution < -0.4 is 10.3 Å². The van der Waals surface area contributed by atoms with Crippen molar-refractivity contribution in [2.45, 2.75) is 26.9 Å². The molecule has 0 radical (unpaired) electrons. The fourth-order valence-electron chi connectivity index (χ4n) is 3.57. The number of aryl methyl sites for hydroxylation is 2. The SMILES string of the molecule is Cc1cc2c(cc1C)CN(c1cccc(C(=O)N/N=C/c3ccc(O)c(O)c3)c1)C2. The quantitative estimate of drug-likeness (QED) is 0.350. The van der Waals surface area contributed by atoms with Crippen LogP contribution in [0.15, 0.2) is 59.7 Å². The van der Waals surface area contributed by atoms with Gasteiger partial charge in [-0.25, -0.2) is 5.43 Å². The fraction of sp³-hybridized carbons (Fsp3) is 0.167. The van der Waals surface area contributed by atoms with E-state index in [0.717, 1.165) is 18.8 Å². The summed E-state index contributed by atoms with van der Waals surface area (Å²) in [5.41, 5.74) is 9.80. The average molecular weight is 401 g/mol. The topological polar surface area (TPSA) is 85.2 Å². The molecule has 3 aromatic rings. The molecule has 0 saturated carbocycles. The van der Waals surface area contributed by atoms with Crippen LogP contribution in [0.5, 0.6) is 11.5 Å². The number of phenols is 2. The summed E-state index contributed by atoms with van der Waals surface area (Å²) in [4.78, 5) is 14.8. The Morgan fingerprint density at radius 1 is 0.967 bits per heavy atom. The molecule has 0 aliphatic carbocycles. The van der Waals surface area contributed by atoms with E-state index in [4.69, 9.17) is 0 Å². The van der Waals surface area contributed by atoms with E-state index in [1.807, 2.05) is 18.2 Å². The van der Waals surface area contributed by atoms with Crippen molar-refractivity contribution >= 4 is 17.8 Å². The molecule has 4 rings (SSSR count). The molecular formula is C24H23N3O3. The highest BCUT2D eigenvalue weighted by Gasteiger charge is 2.20. The molecular weight excluding hydrogens is 378 g/mol. The number of benzene rings is 3. The highest BCUT2D eigenvalue weighted by atomic mass is 16.3. The maximum Gasteiger partial charge on any atom is 0.271 e. The number of aromatic hydroxyl groups is 2. The minimum absolute atomic E-state index is 0.206. The molecule has 6 heteroatoms. The minimum Gasteiger partial charge on any atom is -0.504 e. The predicted molar refractivity (Wildman–Crippen MR) is 117 cm³/mol. The van der Waals surface area contributed by atoms with Crippen molar-refractivity contribution in [3.63, 3.8) is 0 Å². The summed E-state index contributed by atoms with van der Waals surface area (Å²) < 4.78 is 0. The van der Waals surface area contributed by atoms with Gasteiger partial charge < -0.3 is 15.1 Å². The van der Waals surface area contributed by atoms with Crippen LogP contribution in [-0.2, 0) is 13.1 Å². The molecule has 0 aromatic heterocycles. The first-order valence-corrected chi connectivity index (χ1v) is 9.70. The molecule has 0 fully saturated rings. The maximum atomic E-state index is 12.5. The van der Waals surface area contributed by atoms with Gasteiger partial charge in [-0.15, -0.1) is 0 Å². The monoisotopic (exact) mass is 401 g/mol. The van der Waals surface area contributed by atoms with E-state index in [9.17, 15) is 15.0 Å². The zero-order valence-corrected chi connectivity index (χ0v) is 16.9. The molecule has 0 spiro atoms. The molecule has 1 amide bonds. The number of carbonyl (C=O) groups excluding carboxylic acids is 1. The Morgan fingerprint density at radius 2 is 1.67 bits per heavy atom. The number of anilines is 1. The zero-order valence-electron chi connectivity index (χ0n) is 16.9. The Balaban J connectivity index is 1.45. The lowest BCUT2D eigenvalue weighted by atomic mass is 10.0. The van der Waals surface area contributed by atoms with Crippen LogP contribution in [0.1, 0.15) is 38.2 Å². The Hall–Kier alpha value is -3.80. The van der Waals surface area contributed by atoms with Gasteiger partial charge in [0, 0.05) is 24.3 Å². The molecule has 0 saturated heterocycles. The molecule has 1 heterocycles. The van der Waals surface area contributed by atoms with Gasteiger partial charge in [0.15, 0.2) is 11.5 Å². The number of nitrogens with one attached hydrogen (secondary N) is 1. The highest BCUT2D eigenvalue weighted by Crippen LogP contribution is 2.30. The Morgan fingerprint density at radius 3 is 2.33 bits per heavy atom. The molecule has 3 N–H and O–H groups in total. The highest BCUT2D eigenvalue weighted by molar-refractivity contribution is 5.95. The molecule has 3 aromatic carbocycles. The lowest BCUT2D eigenvalue weighted by Crippen LogP contribution is -2.19. The van der Waals surface area contributed by atoms with Crippen molar-refractivity contribution in [3.8, 4) is 11.5 Å². The number of rotatable bonds is 4. The molecule has 1 aliphatic rings. The van der Waals surface area contributed by atoms with Gasteiger partial charge in [0.25, 0.3) is 5.91 Å². The maximum absolute atomic E-state index is 12.5. The summed E-state index contributed by atoms with van der Waals surface area (Å²) in [6, 6.07) is 16.3. The van der Waals surface area contributed by atoms with Crippen molar-refractivity contribution in [3.05, 3.63) is 88.0 Å². The molecule has 1 aliphatic heterocycles. The minimum atomic E-state index is -0.320. The van der Waals surface area contributed by atoms with Gasteiger partial charge in [-0.2, -0.15) is 5.10 Å². The predicted octanol–water partition coefficient (Wildman–Crippen LogP) is 4.00. The van der Waals surface area contributed by atoms with E-state index in [1.54, 1.807) is 12.1 Å². The standard InChI is InChI=1S/C24H23N3O3/c1-15-8-19-13-27(14-20(19)9-16(15)2)21-5-3-4-18(11-21)24(30)26-25-12-17-6-7-22(28)23(29)10-17/h3-12,28-29H,13-14H2,1-2H3,(H,26,30)/b25-12+. The molecule has 0 atom stereocenters. The van der Waals surface area contributed by atoms with Crippen molar-refractivity contribution in [2.24, 2.45) is 5.10 Å². The van der Waals surface area contributed by atoms with Gasteiger partial charge in [0.2, 0.25) is 0 Å². The summed E-state index contributed by atoms with van der Waals surface area (Å²) in [6.07, 6.45) is 1.41. The number of amides is 1. The normalized spacial score (nSPS) is 12.9. The van der Waals surface area contributed by atoms with Gasteiger partial charge in [-0.05, 0) is 78.1 Å². The number of hydrazone groups is 1. The van der Waals surface area contributed by atoms with E-state index in [1.165, 1.54) is 40.6 Å². The number of fused-ring (bicyclic) bond motifs is 1. The van der Waals surface area contributed by atoms with Crippen molar-refractivity contribution in [2.75, 3.05) is 4.90 Å². The van der Waals surface area contributed by atoms with Gasteiger partial charge in [0.1, 0.15) is 0 Å². The molecule has 0 bridgehead atoms. The summed E-state index contributed by atoms with van der Waals surface area (Å²) in [5, 5.41) is 22.8. The Kier molecular flexibility index (Phi) is 5.14. The number of phenolic OH excluding ortho intramolecular Hbond substituents is 2. The van der Waals surface area contributed by atoms with E-state index in [-0.39, 0.29) is 17.4 Å².